The normalized spacial score (nSPS) is 12.2. The Bertz CT molecular complexity index is 523. The van der Waals surface area contributed by atoms with Gasteiger partial charge in [0, 0.05) is 25.4 Å². The van der Waals surface area contributed by atoms with Crippen LogP contribution in [0.3, 0.4) is 0 Å². The second kappa shape index (κ2) is 5.12. The summed E-state index contributed by atoms with van der Waals surface area (Å²) in [5, 5.41) is 4.76. The van der Waals surface area contributed by atoms with E-state index in [-0.39, 0.29) is 5.54 Å². The molecule has 0 aliphatic carbocycles. The van der Waals surface area contributed by atoms with Gasteiger partial charge in [-0.25, -0.2) is 0 Å². The molecule has 2 aromatic rings. The number of aromatic nitrogens is 1. The van der Waals surface area contributed by atoms with E-state index in [1.165, 1.54) is 16.5 Å². The summed E-state index contributed by atoms with van der Waals surface area (Å²) in [6.45, 7) is 8.02. The lowest BCUT2D eigenvalue weighted by molar-refractivity contribution is 0.135. The van der Waals surface area contributed by atoms with Crippen molar-refractivity contribution in [2.24, 2.45) is 0 Å². The summed E-state index contributed by atoms with van der Waals surface area (Å²) in [5.41, 5.74) is 2.67. The van der Waals surface area contributed by atoms with Crippen molar-refractivity contribution in [1.29, 1.82) is 0 Å². The summed E-state index contributed by atoms with van der Waals surface area (Å²) in [5.74, 6) is 0. The van der Waals surface area contributed by atoms with Gasteiger partial charge in [0.1, 0.15) is 6.73 Å². The molecule has 0 radical (unpaired) electrons. The minimum absolute atomic E-state index is 0.142. The van der Waals surface area contributed by atoms with Crippen LogP contribution >= 0.6 is 0 Å². The van der Waals surface area contributed by atoms with E-state index in [1.54, 1.807) is 7.11 Å². The zero-order chi connectivity index (χ0) is 13.2. The number of methoxy groups -OCH3 is 1. The van der Waals surface area contributed by atoms with Crippen molar-refractivity contribution < 1.29 is 4.74 Å². The van der Waals surface area contributed by atoms with Gasteiger partial charge >= 0.3 is 0 Å². The van der Waals surface area contributed by atoms with Crippen molar-refractivity contribution in [1.82, 2.24) is 9.88 Å². The van der Waals surface area contributed by atoms with Crippen molar-refractivity contribution in [3.8, 4) is 0 Å². The molecular formula is C15H22N2O. The Hall–Kier alpha value is -1.32. The molecule has 0 fully saturated rings. The second-order valence-electron chi connectivity index (χ2n) is 5.70. The van der Waals surface area contributed by atoms with Crippen LogP contribution in [0.4, 0.5) is 0 Å². The molecule has 1 aromatic heterocycles. The molecule has 2 rings (SSSR count). The second-order valence-corrected chi connectivity index (χ2v) is 5.70. The zero-order valence-electron chi connectivity index (χ0n) is 11.7. The molecule has 0 aliphatic rings. The average Bonchev–Trinajstić information content (AvgIpc) is 2.69. The van der Waals surface area contributed by atoms with E-state index >= 15 is 0 Å². The Morgan fingerprint density at radius 1 is 1.22 bits per heavy atom. The van der Waals surface area contributed by atoms with Gasteiger partial charge < -0.3 is 14.6 Å². The molecule has 3 heteroatoms. The Morgan fingerprint density at radius 2 is 2.00 bits per heavy atom. The molecule has 0 atom stereocenters. The fraction of sp³-hybridized carbons (Fsp3) is 0.467. The molecule has 18 heavy (non-hydrogen) atoms. The first-order valence-corrected chi connectivity index (χ1v) is 6.31. The zero-order valence-corrected chi connectivity index (χ0v) is 11.7. The SMILES string of the molecule is COCn1ccc2ccc(CNC(C)(C)C)cc21. The van der Waals surface area contributed by atoms with Crippen molar-refractivity contribution in [3.05, 3.63) is 36.0 Å². The highest BCUT2D eigenvalue weighted by Crippen LogP contribution is 2.18. The van der Waals surface area contributed by atoms with Crippen LogP contribution in [-0.2, 0) is 18.0 Å². The Morgan fingerprint density at radius 3 is 2.67 bits per heavy atom. The number of nitrogens with zero attached hydrogens (tertiary/aromatic N) is 1. The molecule has 0 saturated heterocycles. The Kier molecular flexibility index (Phi) is 3.73. The van der Waals surface area contributed by atoms with E-state index in [2.05, 4.69) is 61.1 Å². The topological polar surface area (TPSA) is 26.2 Å². The highest BCUT2D eigenvalue weighted by atomic mass is 16.5. The number of nitrogens with one attached hydrogen (secondary N) is 1. The third-order valence-electron chi connectivity index (χ3n) is 2.93. The van der Waals surface area contributed by atoms with E-state index in [0.29, 0.717) is 6.73 Å². The van der Waals surface area contributed by atoms with Crippen LogP contribution < -0.4 is 5.32 Å². The summed E-state index contributed by atoms with van der Waals surface area (Å²) >= 11 is 0. The van der Waals surface area contributed by atoms with Crippen LogP contribution in [0.1, 0.15) is 26.3 Å². The van der Waals surface area contributed by atoms with Gasteiger partial charge in [0.2, 0.25) is 0 Å². The van der Waals surface area contributed by atoms with Crippen molar-refractivity contribution in [2.75, 3.05) is 7.11 Å². The molecule has 0 spiro atoms. The maximum Gasteiger partial charge on any atom is 0.122 e. The quantitative estimate of drug-likeness (QED) is 0.897. The first-order valence-electron chi connectivity index (χ1n) is 6.31. The lowest BCUT2D eigenvalue weighted by atomic mass is 10.1. The maximum atomic E-state index is 5.20. The number of hydrogen-bond acceptors (Lipinski definition) is 2. The van der Waals surface area contributed by atoms with Gasteiger partial charge in [-0.3, -0.25) is 0 Å². The fourth-order valence-electron chi connectivity index (χ4n) is 1.96. The minimum Gasteiger partial charge on any atom is -0.364 e. The van der Waals surface area contributed by atoms with E-state index in [4.69, 9.17) is 4.74 Å². The van der Waals surface area contributed by atoms with Crippen LogP contribution in [0.2, 0.25) is 0 Å². The van der Waals surface area contributed by atoms with E-state index in [0.717, 1.165) is 6.54 Å². The van der Waals surface area contributed by atoms with Gasteiger partial charge in [0.05, 0.1) is 5.52 Å². The molecule has 3 nitrogen and oxygen atoms in total. The lowest BCUT2D eigenvalue weighted by Gasteiger charge is -2.20. The smallest absolute Gasteiger partial charge is 0.122 e. The third kappa shape index (κ3) is 3.12. The highest BCUT2D eigenvalue weighted by molar-refractivity contribution is 5.80. The predicted molar refractivity (Wildman–Crippen MR) is 75.5 cm³/mol. The largest absolute Gasteiger partial charge is 0.364 e. The van der Waals surface area contributed by atoms with Gasteiger partial charge in [-0.2, -0.15) is 0 Å². The number of hydrogen-bond donors (Lipinski definition) is 1. The van der Waals surface area contributed by atoms with Crippen LogP contribution in [0, 0.1) is 0 Å². The van der Waals surface area contributed by atoms with E-state index in [1.807, 2.05) is 0 Å². The fourth-order valence-corrected chi connectivity index (χ4v) is 1.96. The highest BCUT2D eigenvalue weighted by Gasteiger charge is 2.09. The monoisotopic (exact) mass is 246 g/mol. The summed E-state index contributed by atoms with van der Waals surface area (Å²) in [6, 6.07) is 8.70. The Balaban J connectivity index is 2.22. The van der Waals surface area contributed by atoms with Gasteiger partial charge in [-0.15, -0.1) is 0 Å². The molecule has 0 saturated carbocycles. The van der Waals surface area contributed by atoms with Gasteiger partial charge in [-0.05, 0) is 43.9 Å². The van der Waals surface area contributed by atoms with Gasteiger partial charge in [-0.1, -0.05) is 12.1 Å². The third-order valence-corrected chi connectivity index (χ3v) is 2.93. The minimum atomic E-state index is 0.142. The molecule has 1 aromatic carbocycles. The first-order chi connectivity index (χ1) is 8.49. The lowest BCUT2D eigenvalue weighted by Crippen LogP contribution is -2.35. The van der Waals surface area contributed by atoms with Crippen LogP contribution in [0.5, 0.6) is 0 Å². The van der Waals surface area contributed by atoms with Crippen LogP contribution in [-0.4, -0.2) is 17.2 Å². The molecule has 0 bridgehead atoms. The predicted octanol–water partition coefficient (Wildman–Crippen LogP) is 3.13. The first kappa shape index (κ1) is 13.1. The molecular weight excluding hydrogens is 224 g/mol. The molecule has 0 amide bonds. The van der Waals surface area contributed by atoms with Crippen LogP contribution in [0.25, 0.3) is 10.9 Å². The standard InChI is InChI=1S/C15H22N2O/c1-15(2,3)16-10-12-5-6-13-7-8-17(11-18-4)14(13)9-12/h5-9,16H,10-11H2,1-4H3. The molecule has 1 N–H and O–H groups in total. The summed E-state index contributed by atoms with van der Waals surface area (Å²) < 4.78 is 7.32. The van der Waals surface area contributed by atoms with E-state index in [9.17, 15) is 0 Å². The van der Waals surface area contributed by atoms with Gasteiger partial charge in [0.15, 0.2) is 0 Å². The molecule has 1 heterocycles. The number of ether oxygens (including phenoxy) is 1. The van der Waals surface area contributed by atoms with Crippen LogP contribution in [0.15, 0.2) is 30.5 Å². The van der Waals surface area contributed by atoms with Crippen molar-refractivity contribution in [2.45, 2.75) is 39.6 Å². The number of fused-ring (bicyclic) bond motifs is 1. The maximum absolute atomic E-state index is 5.20. The van der Waals surface area contributed by atoms with Gasteiger partial charge in [0.25, 0.3) is 0 Å². The summed E-state index contributed by atoms with van der Waals surface area (Å²) in [6.07, 6.45) is 2.06. The molecule has 0 aliphatic heterocycles. The number of rotatable bonds is 4. The summed E-state index contributed by atoms with van der Waals surface area (Å²) in [7, 11) is 1.72. The van der Waals surface area contributed by atoms with E-state index < -0.39 is 0 Å². The Labute approximate surface area is 109 Å². The number of benzene rings is 1. The summed E-state index contributed by atoms with van der Waals surface area (Å²) in [4.78, 5) is 0. The molecule has 0 unspecified atom stereocenters. The average molecular weight is 246 g/mol. The molecule has 98 valence electrons. The van der Waals surface area contributed by atoms with Crippen molar-refractivity contribution >= 4 is 10.9 Å². The van der Waals surface area contributed by atoms with Crippen molar-refractivity contribution in [3.63, 3.8) is 0 Å².